The van der Waals surface area contributed by atoms with E-state index in [-0.39, 0.29) is 12.0 Å². The van der Waals surface area contributed by atoms with Gasteiger partial charge in [-0.2, -0.15) is 13.2 Å². The van der Waals surface area contributed by atoms with Crippen molar-refractivity contribution >= 4 is 0 Å². The van der Waals surface area contributed by atoms with Crippen LogP contribution in [0.2, 0.25) is 0 Å². The third kappa shape index (κ3) is 5.60. The van der Waals surface area contributed by atoms with Crippen molar-refractivity contribution in [2.24, 2.45) is 11.8 Å². The van der Waals surface area contributed by atoms with E-state index in [1.807, 2.05) is 0 Å². The quantitative estimate of drug-likeness (QED) is 0.807. The predicted molar refractivity (Wildman–Crippen MR) is 74.6 cm³/mol. The molecule has 2 fully saturated rings. The molecule has 2 atom stereocenters. The fraction of sp³-hybridized carbons (Fsp3) is 1.00. The molecule has 0 aromatic carbocycles. The molecule has 0 bridgehead atoms. The first kappa shape index (κ1) is 16.1. The Hall–Kier alpha value is -0.290. The Balaban J connectivity index is 1.83. The Bertz CT molecular complexity index is 300. The fourth-order valence-electron chi connectivity index (χ4n) is 3.18. The van der Waals surface area contributed by atoms with Gasteiger partial charge in [-0.05, 0) is 44.1 Å². The number of alkyl halides is 3. The summed E-state index contributed by atoms with van der Waals surface area (Å²) in [5.41, 5.74) is 0. The van der Waals surface area contributed by atoms with Gasteiger partial charge in [0.05, 0.1) is 0 Å². The summed E-state index contributed by atoms with van der Waals surface area (Å²) in [7, 11) is 0. The molecular formula is C15H27F3N2. The number of piperidine rings is 1. The van der Waals surface area contributed by atoms with Crippen molar-refractivity contribution < 1.29 is 13.2 Å². The van der Waals surface area contributed by atoms with Crippen LogP contribution in [0.1, 0.15) is 46.0 Å². The summed E-state index contributed by atoms with van der Waals surface area (Å²) in [5, 5.41) is 3.47. The van der Waals surface area contributed by atoms with E-state index in [9.17, 15) is 13.2 Å². The van der Waals surface area contributed by atoms with Crippen LogP contribution in [0.4, 0.5) is 13.2 Å². The number of nitrogens with one attached hydrogen (secondary N) is 1. The van der Waals surface area contributed by atoms with E-state index in [4.69, 9.17) is 0 Å². The van der Waals surface area contributed by atoms with Gasteiger partial charge in [0.2, 0.25) is 0 Å². The molecule has 1 saturated carbocycles. The molecule has 1 aliphatic heterocycles. The molecule has 2 aliphatic rings. The zero-order valence-corrected chi connectivity index (χ0v) is 12.5. The number of rotatable bonds is 6. The van der Waals surface area contributed by atoms with Gasteiger partial charge in [-0.3, -0.25) is 4.90 Å². The molecule has 1 aliphatic carbocycles. The average Bonchev–Trinajstić information content (AvgIpc) is 3.09. The smallest absolute Gasteiger partial charge is 0.313 e. The highest BCUT2D eigenvalue weighted by molar-refractivity contribution is 4.92. The van der Waals surface area contributed by atoms with Gasteiger partial charge in [-0.25, -0.2) is 0 Å². The second-order valence-electron chi connectivity index (χ2n) is 6.94. The van der Waals surface area contributed by atoms with Gasteiger partial charge in [0.15, 0.2) is 0 Å². The minimum atomic E-state index is -4.03. The van der Waals surface area contributed by atoms with Gasteiger partial charge in [0, 0.05) is 31.6 Å². The lowest BCUT2D eigenvalue weighted by Gasteiger charge is -2.39. The van der Waals surface area contributed by atoms with Gasteiger partial charge < -0.3 is 5.32 Å². The number of hydrogen-bond donors (Lipinski definition) is 1. The highest BCUT2D eigenvalue weighted by Crippen LogP contribution is 2.35. The average molecular weight is 292 g/mol. The highest BCUT2D eigenvalue weighted by Gasteiger charge is 2.40. The van der Waals surface area contributed by atoms with E-state index in [0.717, 1.165) is 32.4 Å². The maximum atomic E-state index is 12.6. The van der Waals surface area contributed by atoms with E-state index in [1.54, 1.807) is 0 Å². The van der Waals surface area contributed by atoms with E-state index < -0.39 is 12.6 Å². The maximum absolute atomic E-state index is 12.6. The SMILES string of the molecule is CC(C)CCNC1CC(CC(F)(F)F)CN(C2CC2)C1. The summed E-state index contributed by atoms with van der Waals surface area (Å²) in [6.45, 7) is 6.82. The molecule has 2 nitrogen and oxygen atoms in total. The lowest BCUT2D eigenvalue weighted by Crippen LogP contribution is -2.50. The molecule has 0 aromatic rings. The molecule has 0 amide bonds. The van der Waals surface area contributed by atoms with Crippen LogP contribution >= 0.6 is 0 Å². The van der Waals surface area contributed by atoms with Crippen LogP contribution in [0.5, 0.6) is 0 Å². The van der Waals surface area contributed by atoms with Gasteiger partial charge in [0.1, 0.15) is 0 Å². The van der Waals surface area contributed by atoms with Crippen molar-refractivity contribution in [3.8, 4) is 0 Å². The van der Waals surface area contributed by atoms with Gasteiger partial charge in [0.25, 0.3) is 0 Å². The third-order valence-corrected chi connectivity index (χ3v) is 4.30. The van der Waals surface area contributed by atoms with Crippen LogP contribution in [0, 0.1) is 11.8 Å². The Morgan fingerprint density at radius 2 is 1.90 bits per heavy atom. The van der Waals surface area contributed by atoms with Crippen molar-refractivity contribution in [1.29, 1.82) is 0 Å². The molecule has 1 heterocycles. The topological polar surface area (TPSA) is 15.3 Å². The Kier molecular flexibility index (Phi) is 5.35. The zero-order chi connectivity index (χ0) is 14.8. The van der Waals surface area contributed by atoms with Crippen molar-refractivity contribution in [3.05, 3.63) is 0 Å². The minimum absolute atomic E-state index is 0.232. The number of halogens is 3. The normalized spacial score (nSPS) is 29.1. The molecule has 2 unspecified atom stereocenters. The summed E-state index contributed by atoms with van der Waals surface area (Å²) < 4.78 is 37.9. The van der Waals surface area contributed by atoms with Crippen LogP contribution in [0.25, 0.3) is 0 Å². The third-order valence-electron chi connectivity index (χ3n) is 4.30. The first-order chi connectivity index (χ1) is 9.33. The van der Waals surface area contributed by atoms with E-state index in [1.165, 1.54) is 0 Å². The summed E-state index contributed by atoms with van der Waals surface area (Å²) in [6.07, 6.45) is -0.572. The van der Waals surface area contributed by atoms with Crippen molar-refractivity contribution in [2.75, 3.05) is 19.6 Å². The first-order valence-electron chi connectivity index (χ1n) is 7.87. The lowest BCUT2D eigenvalue weighted by atomic mass is 9.91. The lowest BCUT2D eigenvalue weighted by molar-refractivity contribution is -0.149. The van der Waals surface area contributed by atoms with Gasteiger partial charge >= 0.3 is 6.18 Å². The molecule has 20 heavy (non-hydrogen) atoms. The van der Waals surface area contributed by atoms with Crippen molar-refractivity contribution in [2.45, 2.75) is 64.2 Å². The highest BCUT2D eigenvalue weighted by atomic mass is 19.4. The number of likely N-dealkylation sites (tertiary alicyclic amines) is 1. The predicted octanol–water partition coefficient (Wildman–Crippen LogP) is 3.43. The van der Waals surface area contributed by atoms with Crippen LogP contribution in [0.15, 0.2) is 0 Å². The summed E-state index contributed by atoms with van der Waals surface area (Å²) in [5.74, 6) is 0.400. The summed E-state index contributed by atoms with van der Waals surface area (Å²) in [6, 6.07) is 0.788. The van der Waals surface area contributed by atoms with Crippen molar-refractivity contribution in [1.82, 2.24) is 10.2 Å². The number of nitrogens with zero attached hydrogens (tertiary/aromatic N) is 1. The molecule has 0 spiro atoms. The molecule has 118 valence electrons. The number of hydrogen-bond acceptors (Lipinski definition) is 2. The van der Waals surface area contributed by atoms with Crippen LogP contribution in [-0.2, 0) is 0 Å². The molecule has 1 saturated heterocycles. The van der Waals surface area contributed by atoms with E-state index in [2.05, 4.69) is 24.1 Å². The second-order valence-corrected chi connectivity index (χ2v) is 6.94. The summed E-state index contributed by atoms with van der Waals surface area (Å²) >= 11 is 0. The van der Waals surface area contributed by atoms with E-state index >= 15 is 0 Å². The second kappa shape index (κ2) is 6.65. The summed E-state index contributed by atoms with van der Waals surface area (Å²) in [4.78, 5) is 2.28. The molecule has 1 N–H and O–H groups in total. The largest absolute Gasteiger partial charge is 0.389 e. The molecular weight excluding hydrogens is 265 g/mol. The van der Waals surface area contributed by atoms with Gasteiger partial charge in [-0.1, -0.05) is 13.8 Å². The fourth-order valence-corrected chi connectivity index (χ4v) is 3.18. The molecule has 2 rings (SSSR count). The monoisotopic (exact) mass is 292 g/mol. The molecule has 0 aromatic heterocycles. The van der Waals surface area contributed by atoms with Gasteiger partial charge in [-0.15, -0.1) is 0 Å². The first-order valence-corrected chi connectivity index (χ1v) is 7.87. The zero-order valence-electron chi connectivity index (χ0n) is 12.5. The van der Waals surface area contributed by atoms with Crippen molar-refractivity contribution in [3.63, 3.8) is 0 Å². The Morgan fingerprint density at radius 1 is 1.20 bits per heavy atom. The van der Waals surface area contributed by atoms with Crippen LogP contribution < -0.4 is 5.32 Å². The standard InChI is InChI=1S/C15H27F3N2/c1-11(2)5-6-19-13-7-12(8-15(16,17)18)9-20(10-13)14-3-4-14/h11-14,19H,3-10H2,1-2H3. The van der Waals surface area contributed by atoms with Crippen LogP contribution in [-0.4, -0.2) is 42.8 Å². The minimum Gasteiger partial charge on any atom is -0.313 e. The Labute approximate surface area is 120 Å². The Morgan fingerprint density at radius 3 is 2.45 bits per heavy atom. The van der Waals surface area contributed by atoms with Crippen LogP contribution in [0.3, 0.4) is 0 Å². The molecule has 5 heteroatoms. The van der Waals surface area contributed by atoms with E-state index in [0.29, 0.717) is 24.9 Å². The maximum Gasteiger partial charge on any atom is 0.389 e. The molecule has 0 radical (unpaired) electrons.